The van der Waals surface area contributed by atoms with Crippen molar-refractivity contribution in [1.29, 1.82) is 0 Å². The molecule has 0 aromatic carbocycles. The van der Waals surface area contributed by atoms with E-state index in [-0.39, 0.29) is 0 Å². The van der Waals surface area contributed by atoms with Gasteiger partial charge in [0.05, 0.1) is 0 Å². The van der Waals surface area contributed by atoms with E-state index in [0.29, 0.717) is 0 Å². The Labute approximate surface area is 43.6 Å². The lowest BCUT2D eigenvalue weighted by molar-refractivity contribution is -0.333. The highest BCUT2D eigenvalue weighted by Gasteiger charge is 2.41. The molecule has 1 unspecified atom stereocenters. The van der Waals surface area contributed by atoms with Gasteiger partial charge >= 0.3 is 6.11 Å². The molecule has 0 saturated carbocycles. The number of halogens is 3. The Morgan fingerprint density at radius 2 is 1.25 bits per heavy atom. The summed E-state index contributed by atoms with van der Waals surface area (Å²) in [6.45, 7) is 1.93. The van der Waals surface area contributed by atoms with E-state index >= 15 is 0 Å². The van der Waals surface area contributed by atoms with Gasteiger partial charge in [0.1, 0.15) is 0 Å². The molecule has 0 bridgehead atoms. The number of hydrogen-bond acceptors (Lipinski definition) is 2. The lowest BCUT2D eigenvalue weighted by Crippen LogP contribution is -2.41. The first-order valence-corrected chi connectivity index (χ1v) is 1.62. The van der Waals surface area contributed by atoms with Crippen molar-refractivity contribution in [3.05, 3.63) is 6.92 Å². The van der Waals surface area contributed by atoms with Gasteiger partial charge in [0.2, 0.25) is 0 Å². The first-order valence-electron chi connectivity index (χ1n) is 1.62. The Morgan fingerprint density at radius 1 is 1.12 bits per heavy atom. The smallest absolute Gasteiger partial charge is 0.381 e. The molecule has 0 spiro atoms. The number of alkyl halides is 3. The van der Waals surface area contributed by atoms with Crippen LogP contribution in [0.3, 0.4) is 0 Å². The average molecular weight is 129 g/mol. The first kappa shape index (κ1) is 7.71. The summed E-state index contributed by atoms with van der Waals surface area (Å²) >= 11 is 0. The third kappa shape index (κ3) is 1.67. The van der Waals surface area contributed by atoms with E-state index in [1.807, 2.05) is 6.92 Å². The fraction of sp³-hybridized carbons (Fsp3) is 0.667. The lowest BCUT2D eigenvalue weighted by Gasteiger charge is -2.24. The third-order valence-corrected chi connectivity index (χ3v) is 0.461. The van der Waals surface area contributed by atoms with Crippen LogP contribution >= 0.6 is 0 Å². The second-order valence-corrected chi connectivity index (χ2v) is 1.30. The predicted octanol–water partition coefficient (Wildman–Crippen LogP) is 0.0637. The van der Waals surface area contributed by atoms with Crippen molar-refractivity contribution < 1.29 is 23.4 Å². The molecular formula is C3H4F3O2-. The van der Waals surface area contributed by atoms with Gasteiger partial charge in [-0.25, -0.2) is 4.39 Å². The normalized spacial score (nSPS) is 20.2. The van der Waals surface area contributed by atoms with Crippen LogP contribution in [0.2, 0.25) is 0 Å². The van der Waals surface area contributed by atoms with Crippen LogP contribution in [-0.2, 0) is 0 Å². The van der Waals surface area contributed by atoms with Crippen LogP contribution in [-0.4, -0.2) is 22.2 Å². The Kier molecular flexibility index (Phi) is 1.54. The largest absolute Gasteiger partial charge is 0.382 e. The van der Waals surface area contributed by atoms with Crippen molar-refractivity contribution in [1.82, 2.24) is 0 Å². The summed E-state index contributed by atoms with van der Waals surface area (Å²) in [5.41, 5.74) is 0. The topological polar surface area (TPSA) is 40.5 Å². The highest BCUT2D eigenvalue weighted by atomic mass is 19.3. The molecular weight excluding hydrogens is 125 g/mol. The minimum atomic E-state index is -4.78. The summed E-state index contributed by atoms with van der Waals surface area (Å²) in [7, 11) is 0. The molecule has 2 N–H and O–H groups in total. The molecule has 8 heavy (non-hydrogen) atoms. The fourth-order valence-corrected chi connectivity index (χ4v) is 0. The molecule has 50 valence electrons. The molecule has 0 radical (unpaired) electrons. The van der Waals surface area contributed by atoms with E-state index in [0.717, 1.165) is 0 Å². The standard InChI is InChI=1S/C3H4F3O2/c1-2(4,7)3(5,6)8/h7-8H,1H2/q-1. The van der Waals surface area contributed by atoms with Gasteiger partial charge < -0.3 is 10.2 Å². The molecule has 0 aromatic rings. The van der Waals surface area contributed by atoms with E-state index in [2.05, 4.69) is 0 Å². The van der Waals surface area contributed by atoms with Gasteiger partial charge in [-0.05, 0) is 0 Å². The molecule has 0 saturated heterocycles. The molecule has 0 rings (SSSR count). The fourth-order valence-electron chi connectivity index (χ4n) is 0. The van der Waals surface area contributed by atoms with E-state index in [4.69, 9.17) is 10.2 Å². The first-order chi connectivity index (χ1) is 3.25. The summed E-state index contributed by atoms with van der Waals surface area (Å²) in [5.74, 6) is -4.09. The van der Waals surface area contributed by atoms with E-state index in [1.54, 1.807) is 0 Å². The van der Waals surface area contributed by atoms with Gasteiger partial charge in [-0.1, -0.05) is 0 Å². The summed E-state index contributed by atoms with van der Waals surface area (Å²) in [4.78, 5) is 0. The molecule has 0 aliphatic heterocycles. The molecule has 0 heterocycles. The van der Waals surface area contributed by atoms with Crippen molar-refractivity contribution in [3.8, 4) is 0 Å². The van der Waals surface area contributed by atoms with Crippen LogP contribution in [0.15, 0.2) is 0 Å². The minimum absolute atomic E-state index is 1.93. The molecule has 0 aromatic heterocycles. The van der Waals surface area contributed by atoms with Crippen LogP contribution in [0.4, 0.5) is 13.2 Å². The zero-order chi connectivity index (χ0) is 7.00. The third-order valence-electron chi connectivity index (χ3n) is 0.461. The van der Waals surface area contributed by atoms with Gasteiger partial charge in [-0.15, -0.1) is 0 Å². The van der Waals surface area contributed by atoms with Crippen LogP contribution < -0.4 is 0 Å². The molecule has 0 fully saturated rings. The molecule has 2 nitrogen and oxygen atoms in total. The zero-order valence-electron chi connectivity index (χ0n) is 3.74. The summed E-state index contributed by atoms with van der Waals surface area (Å²) in [6.07, 6.45) is -4.78. The molecule has 5 heteroatoms. The van der Waals surface area contributed by atoms with Crippen LogP contribution in [0, 0.1) is 6.92 Å². The van der Waals surface area contributed by atoms with Crippen molar-refractivity contribution >= 4 is 0 Å². The van der Waals surface area contributed by atoms with Gasteiger partial charge in [-0.3, -0.25) is 6.92 Å². The van der Waals surface area contributed by atoms with E-state index < -0.39 is 12.0 Å². The SMILES string of the molecule is [CH2-]C(O)(F)C(O)(F)F. The zero-order valence-corrected chi connectivity index (χ0v) is 3.74. The summed E-state index contributed by atoms with van der Waals surface area (Å²) in [5, 5.41) is 14.9. The minimum Gasteiger partial charge on any atom is -0.381 e. The van der Waals surface area contributed by atoms with Gasteiger partial charge in [0.25, 0.3) is 0 Å². The Bertz CT molecular complexity index is 67.5. The quantitative estimate of drug-likeness (QED) is 0.491. The van der Waals surface area contributed by atoms with Crippen molar-refractivity contribution in [2.75, 3.05) is 0 Å². The monoisotopic (exact) mass is 129 g/mol. The molecule has 1 atom stereocenters. The maximum Gasteiger partial charge on any atom is 0.382 e. The van der Waals surface area contributed by atoms with E-state index in [1.165, 1.54) is 0 Å². The lowest BCUT2D eigenvalue weighted by atomic mass is 10.3. The summed E-state index contributed by atoms with van der Waals surface area (Å²) < 4.78 is 33.5. The second kappa shape index (κ2) is 1.60. The maximum absolute atomic E-state index is 11.3. The van der Waals surface area contributed by atoms with Gasteiger partial charge in [0, 0.05) is 0 Å². The Hall–Kier alpha value is -0.290. The molecule has 0 aliphatic carbocycles. The maximum atomic E-state index is 11.3. The van der Waals surface area contributed by atoms with Gasteiger partial charge in [-0.2, -0.15) is 8.78 Å². The number of aliphatic hydroxyl groups is 2. The summed E-state index contributed by atoms with van der Waals surface area (Å²) in [6, 6.07) is 0. The number of rotatable bonds is 1. The Balaban J connectivity index is 4.02. The van der Waals surface area contributed by atoms with Crippen LogP contribution in [0.5, 0.6) is 0 Å². The second-order valence-electron chi connectivity index (χ2n) is 1.30. The number of hydrogen-bond donors (Lipinski definition) is 2. The highest BCUT2D eigenvalue weighted by molar-refractivity contribution is 4.75. The Morgan fingerprint density at radius 3 is 1.25 bits per heavy atom. The van der Waals surface area contributed by atoms with Crippen LogP contribution in [0.25, 0.3) is 0 Å². The highest BCUT2D eigenvalue weighted by Crippen LogP contribution is 2.25. The van der Waals surface area contributed by atoms with Gasteiger partial charge in [0.15, 0.2) is 5.85 Å². The molecule has 0 amide bonds. The average Bonchev–Trinajstić information content (AvgIpc) is 1.25. The molecule has 0 aliphatic rings. The van der Waals surface area contributed by atoms with E-state index in [9.17, 15) is 13.2 Å². The predicted molar refractivity (Wildman–Crippen MR) is 18.6 cm³/mol. The van der Waals surface area contributed by atoms with Crippen molar-refractivity contribution in [2.45, 2.75) is 12.0 Å². The van der Waals surface area contributed by atoms with Crippen molar-refractivity contribution in [2.24, 2.45) is 0 Å². The van der Waals surface area contributed by atoms with Crippen LogP contribution in [0.1, 0.15) is 0 Å². The van der Waals surface area contributed by atoms with Crippen molar-refractivity contribution in [3.63, 3.8) is 0 Å².